The van der Waals surface area contributed by atoms with Crippen LogP contribution in [-0.4, -0.2) is 29.1 Å². The minimum atomic E-state index is 0.627. The highest BCUT2D eigenvalue weighted by Crippen LogP contribution is 2.19. The van der Waals surface area contributed by atoms with E-state index in [2.05, 4.69) is 20.1 Å². The first-order chi connectivity index (χ1) is 11.6. The molecule has 0 saturated heterocycles. The van der Waals surface area contributed by atoms with Crippen LogP contribution in [0.5, 0.6) is 0 Å². The number of aromatic nitrogens is 6. The number of hydrogen-bond donors (Lipinski definition) is 0. The number of hydrogen-bond acceptors (Lipinski definition) is 5. The minimum Gasteiger partial charge on any atom is -0.472 e. The number of aryl methyl sites for hydroxylation is 3. The van der Waals surface area contributed by atoms with Crippen LogP contribution in [0.2, 0.25) is 0 Å². The number of rotatable bonds is 3. The van der Waals surface area contributed by atoms with Gasteiger partial charge < -0.3 is 8.98 Å². The van der Waals surface area contributed by atoms with Gasteiger partial charge in [-0.15, -0.1) is 5.10 Å². The Labute approximate surface area is 138 Å². The van der Waals surface area contributed by atoms with Crippen molar-refractivity contribution in [3.63, 3.8) is 0 Å². The van der Waals surface area contributed by atoms with E-state index in [9.17, 15) is 0 Å². The molecule has 4 aromatic rings. The molecule has 0 aromatic carbocycles. The predicted octanol–water partition coefficient (Wildman–Crippen LogP) is 2.91. The van der Waals surface area contributed by atoms with Crippen molar-refractivity contribution >= 4 is 17.8 Å². The lowest BCUT2D eigenvalue weighted by atomic mass is 10.3. The SMILES string of the molecule is Cc1ncc(C)n2nc(C=Cc3nc(-c4ccoc4)cn3C)nc12. The zero-order chi connectivity index (χ0) is 16.7. The van der Waals surface area contributed by atoms with Crippen molar-refractivity contribution in [3.8, 4) is 11.3 Å². The summed E-state index contributed by atoms with van der Waals surface area (Å²) < 4.78 is 8.86. The molecular weight excluding hydrogens is 304 g/mol. The second kappa shape index (κ2) is 5.45. The van der Waals surface area contributed by atoms with Gasteiger partial charge in [-0.05, 0) is 32.1 Å². The Morgan fingerprint density at radius 1 is 1.17 bits per heavy atom. The average Bonchev–Trinajstić information content (AvgIpc) is 3.28. The summed E-state index contributed by atoms with van der Waals surface area (Å²) in [5.41, 5.74) is 4.39. The Morgan fingerprint density at radius 2 is 2.04 bits per heavy atom. The van der Waals surface area contributed by atoms with Gasteiger partial charge in [0.05, 0.1) is 29.6 Å². The third-order valence-corrected chi connectivity index (χ3v) is 3.84. The molecule has 0 spiro atoms. The minimum absolute atomic E-state index is 0.627. The normalized spacial score (nSPS) is 11.8. The molecule has 0 bridgehead atoms. The maximum absolute atomic E-state index is 5.11. The fourth-order valence-corrected chi connectivity index (χ4v) is 2.52. The molecule has 7 heteroatoms. The van der Waals surface area contributed by atoms with Crippen molar-refractivity contribution in [1.29, 1.82) is 0 Å². The molecule has 4 aromatic heterocycles. The summed E-state index contributed by atoms with van der Waals surface area (Å²) in [7, 11) is 1.95. The third-order valence-electron chi connectivity index (χ3n) is 3.84. The fourth-order valence-electron chi connectivity index (χ4n) is 2.52. The third kappa shape index (κ3) is 2.40. The Balaban J connectivity index is 1.68. The average molecular weight is 320 g/mol. The van der Waals surface area contributed by atoms with Gasteiger partial charge in [-0.1, -0.05) is 0 Å². The van der Waals surface area contributed by atoms with E-state index in [0.29, 0.717) is 5.82 Å². The topological polar surface area (TPSA) is 74.0 Å². The smallest absolute Gasteiger partial charge is 0.177 e. The molecule has 0 fully saturated rings. The molecule has 0 radical (unpaired) electrons. The zero-order valence-electron chi connectivity index (χ0n) is 13.6. The van der Waals surface area contributed by atoms with Gasteiger partial charge in [-0.3, -0.25) is 4.98 Å². The summed E-state index contributed by atoms with van der Waals surface area (Å²) in [5.74, 6) is 1.44. The molecule has 0 saturated carbocycles. The summed E-state index contributed by atoms with van der Waals surface area (Å²) in [5, 5.41) is 4.50. The molecule has 0 N–H and O–H groups in total. The number of fused-ring (bicyclic) bond motifs is 1. The standard InChI is InChI=1S/C17H16N6O/c1-11-8-18-12(2)17-20-15(21-23(11)17)4-5-16-19-14(9-22(16)3)13-6-7-24-10-13/h4-10H,1-3H3. The molecule has 0 atom stereocenters. The molecular formula is C17H16N6O. The largest absolute Gasteiger partial charge is 0.472 e. The van der Waals surface area contributed by atoms with Crippen LogP contribution >= 0.6 is 0 Å². The summed E-state index contributed by atoms with van der Waals surface area (Å²) >= 11 is 0. The van der Waals surface area contributed by atoms with E-state index >= 15 is 0 Å². The van der Waals surface area contributed by atoms with Gasteiger partial charge in [0.15, 0.2) is 11.5 Å². The van der Waals surface area contributed by atoms with Gasteiger partial charge in [-0.25, -0.2) is 14.5 Å². The van der Waals surface area contributed by atoms with E-state index in [-0.39, 0.29) is 0 Å². The van der Waals surface area contributed by atoms with Crippen LogP contribution < -0.4 is 0 Å². The van der Waals surface area contributed by atoms with Crippen molar-refractivity contribution in [2.45, 2.75) is 13.8 Å². The van der Waals surface area contributed by atoms with Gasteiger partial charge in [0.2, 0.25) is 0 Å². The van der Waals surface area contributed by atoms with Gasteiger partial charge in [0.1, 0.15) is 5.82 Å². The van der Waals surface area contributed by atoms with E-state index < -0.39 is 0 Å². The van der Waals surface area contributed by atoms with Crippen LogP contribution in [0.3, 0.4) is 0 Å². The van der Waals surface area contributed by atoms with Gasteiger partial charge in [0.25, 0.3) is 0 Å². The fraction of sp³-hybridized carbons (Fsp3) is 0.176. The molecule has 0 amide bonds. The van der Waals surface area contributed by atoms with Crippen LogP contribution in [0.25, 0.3) is 29.1 Å². The van der Waals surface area contributed by atoms with Crippen molar-refractivity contribution in [2.75, 3.05) is 0 Å². The molecule has 0 unspecified atom stereocenters. The summed E-state index contributed by atoms with van der Waals surface area (Å²) in [6.45, 7) is 3.88. The first-order valence-electron chi connectivity index (χ1n) is 7.55. The van der Waals surface area contributed by atoms with Crippen molar-refractivity contribution in [1.82, 2.24) is 29.1 Å². The quantitative estimate of drug-likeness (QED) is 0.580. The molecule has 24 heavy (non-hydrogen) atoms. The Bertz CT molecular complexity index is 1000. The Hall–Kier alpha value is -3.22. The van der Waals surface area contributed by atoms with Crippen LogP contribution in [0.15, 0.2) is 35.4 Å². The van der Waals surface area contributed by atoms with E-state index in [1.54, 1.807) is 23.2 Å². The van der Waals surface area contributed by atoms with Crippen LogP contribution in [0.4, 0.5) is 0 Å². The highest BCUT2D eigenvalue weighted by molar-refractivity contribution is 5.67. The lowest BCUT2D eigenvalue weighted by Crippen LogP contribution is -1.97. The van der Waals surface area contributed by atoms with Crippen molar-refractivity contribution in [3.05, 3.63) is 54.0 Å². The Morgan fingerprint density at radius 3 is 2.79 bits per heavy atom. The van der Waals surface area contributed by atoms with Crippen molar-refractivity contribution in [2.24, 2.45) is 7.05 Å². The molecule has 120 valence electrons. The van der Waals surface area contributed by atoms with Gasteiger partial charge >= 0.3 is 0 Å². The zero-order valence-corrected chi connectivity index (χ0v) is 13.6. The number of furan rings is 1. The first-order valence-corrected chi connectivity index (χ1v) is 7.55. The van der Waals surface area contributed by atoms with Crippen LogP contribution in [-0.2, 0) is 7.05 Å². The summed E-state index contributed by atoms with van der Waals surface area (Å²) in [6.07, 6.45) is 10.8. The molecule has 4 rings (SSSR count). The van der Waals surface area contributed by atoms with Gasteiger partial charge in [0, 0.05) is 25.0 Å². The molecule has 0 aliphatic heterocycles. The second-order valence-electron chi connectivity index (χ2n) is 5.63. The second-order valence-corrected chi connectivity index (χ2v) is 5.63. The van der Waals surface area contributed by atoms with Gasteiger partial charge in [-0.2, -0.15) is 0 Å². The molecule has 4 heterocycles. The van der Waals surface area contributed by atoms with Crippen LogP contribution in [0.1, 0.15) is 23.0 Å². The van der Waals surface area contributed by atoms with E-state index in [4.69, 9.17) is 4.42 Å². The number of imidazole rings is 1. The monoisotopic (exact) mass is 320 g/mol. The first kappa shape index (κ1) is 14.4. The molecule has 0 aliphatic carbocycles. The lowest BCUT2D eigenvalue weighted by Gasteiger charge is -1.97. The summed E-state index contributed by atoms with van der Waals surface area (Å²) in [4.78, 5) is 13.4. The van der Waals surface area contributed by atoms with Crippen molar-refractivity contribution < 1.29 is 4.42 Å². The predicted molar refractivity (Wildman–Crippen MR) is 90.1 cm³/mol. The maximum Gasteiger partial charge on any atom is 0.177 e. The maximum atomic E-state index is 5.11. The highest BCUT2D eigenvalue weighted by Gasteiger charge is 2.09. The van der Waals surface area contributed by atoms with E-state index in [0.717, 1.165) is 34.1 Å². The Kier molecular flexibility index (Phi) is 3.26. The highest BCUT2D eigenvalue weighted by atomic mass is 16.3. The molecule has 7 nitrogen and oxygen atoms in total. The summed E-state index contributed by atoms with van der Waals surface area (Å²) in [6, 6.07) is 1.89. The molecule has 0 aliphatic rings. The lowest BCUT2D eigenvalue weighted by molar-refractivity contribution is 0.568. The number of nitrogens with zero attached hydrogens (tertiary/aromatic N) is 6. The van der Waals surface area contributed by atoms with E-state index in [1.807, 2.05) is 49.9 Å². The van der Waals surface area contributed by atoms with Crippen LogP contribution in [0, 0.1) is 13.8 Å². The van der Waals surface area contributed by atoms with E-state index in [1.165, 1.54) is 0 Å².